The summed E-state index contributed by atoms with van der Waals surface area (Å²) in [5, 5.41) is 0. The van der Waals surface area contributed by atoms with Crippen LogP contribution in [0.5, 0.6) is 17.2 Å². The number of alkyl halides is 5. The van der Waals surface area contributed by atoms with Gasteiger partial charge in [0.05, 0.1) is 12.0 Å². The van der Waals surface area contributed by atoms with Crippen LogP contribution in [0.15, 0.2) is 12.1 Å². The standard InChI is InChI=1S/C23H31F5O3/c1-3-5-15-7-10-17(11-8-15)22(24,25)30-20-13-16-9-12-18(6-4-2)29-19(16)14-21(20)31-23(26,27)28/h13-15,17-18H,3-12H2,1-2H3. The van der Waals surface area contributed by atoms with Gasteiger partial charge in [0.25, 0.3) is 0 Å². The van der Waals surface area contributed by atoms with E-state index in [1.54, 1.807) is 0 Å². The minimum atomic E-state index is -5.03. The number of halogens is 5. The molecule has 1 aromatic carbocycles. The first kappa shape index (κ1) is 23.9. The van der Waals surface area contributed by atoms with Crippen molar-refractivity contribution in [3.8, 4) is 17.2 Å². The third-order valence-corrected chi connectivity index (χ3v) is 6.26. The van der Waals surface area contributed by atoms with E-state index in [4.69, 9.17) is 9.47 Å². The van der Waals surface area contributed by atoms with Crippen LogP contribution >= 0.6 is 0 Å². The van der Waals surface area contributed by atoms with Crippen LogP contribution in [0.25, 0.3) is 0 Å². The van der Waals surface area contributed by atoms with Crippen molar-refractivity contribution in [1.82, 2.24) is 0 Å². The van der Waals surface area contributed by atoms with Gasteiger partial charge in [-0.25, -0.2) is 0 Å². The van der Waals surface area contributed by atoms with E-state index in [0.29, 0.717) is 50.0 Å². The number of hydrogen-bond acceptors (Lipinski definition) is 3. The van der Waals surface area contributed by atoms with Gasteiger partial charge in [-0.3, -0.25) is 0 Å². The zero-order chi connectivity index (χ0) is 22.6. The number of fused-ring (bicyclic) bond motifs is 1. The van der Waals surface area contributed by atoms with Gasteiger partial charge >= 0.3 is 12.5 Å². The van der Waals surface area contributed by atoms with Gasteiger partial charge in [-0.15, -0.1) is 13.2 Å². The Morgan fingerprint density at radius 3 is 2.13 bits per heavy atom. The second-order valence-corrected chi connectivity index (χ2v) is 8.69. The summed E-state index contributed by atoms with van der Waals surface area (Å²) in [5.74, 6) is -1.74. The zero-order valence-electron chi connectivity index (χ0n) is 18.1. The lowest BCUT2D eigenvalue weighted by atomic mass is 9.79. The molecule has 8 heteroatoms. The van der Waals surface area contributed by atoms with E-state index in [1.165, 1.54) is 6.07 Å². The molecule has 1 aromatic rings. The van der Waals surface area contributed by atoms with Crippen molar-refractivity contribution < 1.29 is 36.2 Å². The second kappa shape index (κ2) is 9.82. The topological polar surface area (TPSA) is 27.7 Å². The predicted octanol–water partition coefficient (Wildman–Crippen LogP) is 7.66. The number of ether oxygens (including phenoxy) is 3. The third-order valence-electron chi connectivity index (χ3n) is 6.26. The molecule has 0 saturated heterocycles. The maximum atomic E-state index is 14.9. The van der Waals surface area contributed by atoms with Crippen molar-refractivity contribution in [2.45, 2.75) is 96.6 Å². The van der Waals surface area contributed by atoms with E-state index in [2.05, 4.69) is 11.7 Å². The molecule has 0 radical (unpaired) electrons. The molecule has 1 heterocycles. The highest BCUT2D eigenvalue weighted by atomic mass is 19.4. The summed E-state index contributed by atoms with van der Waals surface area (Å²) >= 11 is 0. The summed E-state index contributed by atoms with van der Waals surface area (Å²) in [6.45, 7) is 4.06. The first-order chi connectivity index (χ1) is 14.6. The smallest absolute Gasteiger partial charge is 0.490 e. The third kappa shape index (κ3) is 6.39. The van der Waals surface area contributed by atoms with Crippen LogP contribution in [-0.4, -0.2) is 18.6 Å². The zero-order valence-corrected chi connectivity index (χ0v) is 18.1. The molecule has 0 amide bonds. The summed E-state index contributed by atoms with van der Waals surface area (Å²) in [6, 6.07) is 2.25. The van der Waals surface area contributed by atoms with Gasteiger partial charge < -0.3 is 14.2 Å². The van der Waals surface area contributed by atoms with Gasteiger partial charge in [-0.05, 0) is 62.5 Å². The van der Waals surface area contributed by atoms with E-state index in [9.17, 15) is 22.0 Å². The van der Waals surface area contributed by atoms with Crippen molar-refractivity contribution in [1.29, 1.82) is 0 Å². The highest BCUT2D eigenvalue weighted by Crippen LogP contribution is 2.46. The Labute approximate surface area is 180 Å². The molecule has 3 rings (SSSR count). The molecular weight excluding hydrogens is 419 g/mol. The van der Waals surface area contributed by atoms with Crippen LogP contribution < -0.4 is 14.2 Å². The van der Waals surface area contributed by atoms with Crippen LogP contribution in [0.4, 0.5) is 22.0 Å². The maximum absolute atomic E-state index is 14.9. The van der Waals surface area contributed by atoms with Crippen molar-refractivity contribution in [2.75, 3.05) is 0 Å². The van der Waals surface area contributed by atoms with E-state index in [0.717, 1.165) is 31.7 Å². The fraction of sp³-hybridized carbons (Fsp3) is 0.739. The average molecular weight is 450 g/mol. The molecule has 0 spiro atoms. The van der Waals surface area contributed by atoms with Gasteiger partial charge in [-0.1, -0.05) is 33.1 Å². The molecule has 2 aliphatic rings. The Bertz CT molecular complexity index is 727. The number of hydrogen-bond donors (Lipinski definition) is 0. The summed E-state index contributed by atoms with van der Waals surface area (Å²) < 4.78 is 83.4. The lowest BCUT2D eigenvalue weighted by molar-refractivity contribution is -0.277. The highest BCUT2D eigenvalue weighted by molar-refractivity contribution is 5.51. The quantitative estimate of drug-likeness (QED) is 0.381. The molecule has 1 unspecified atom stereocenters. The second-order valence-electron chi connectivity index (χ2n) is 8.69. The van der Waals surface area contributed by atoms with Gasteiger partial charge in [0.2, 0.25) is 0 Å². The Hall–Kier alpha value is -1.73. The summed E-state index contributed by atoms with van der Waals surface area (Å²) in [7, 11) is 0. The molecule has 3 nitrogen and oxygen atoms in total. The fourth-order valence-electron chi connectivity index (χ4n) is 4.68. The Morgan fingerprint density at radius 1 is 0.871 bits per heavy atom. The molecule has 1 atom stereocenters. The van der Waals surface area contributed by atoms with Crippen molar-refractivity contribution in [2.24, 2.45) is 11.8 Å². The van der Waals surface area contributed by atoms with Crippen LogP contribution in [0.2, 0.25) is 0 Å². The predicted molar refractivity (Wildman–Crippen MR) is 107 cm³/mol. The van der Waals surface area contributed by atoms with E-state index < -0.39 is 29.9 Å². The molecule has 0 N–H and O–H groups in total. The average Bonchev–Trinajstić information content (AvgIpc) is 2.68. The molecule has 1 aliphatic heterocycles. The minimum Gasteiger partial charge on any atom is -0.490 e. The normalized spacial score (nSPS) is 24.3. The van der Waals surface area contributed by atoms with Crippen molar-refractivity contribution in [3.05, 3.63) is 17.7 Å². The minimum absolute atomic E-state index is 0.109. The first-order valence-electron chi connectivity index (χ1n) is 11.3. The van der Waals surface area contributed by atoms with Crippen LogP contribution in [0.1, 0.15) is 77.2 Å². The van der Waals surface area contributed by atoms with E-state index >= 15 is 0 Å². The molecule has 1 saturated carbocycles. The summed E-state index contributed by atoms with van der Waals surface area (Å²) in [4.78, 5) is 0. The van der Waals surface area contributed by atoms with Crippen molar-refractivity contribution >= 4 is 0 Å². The van der Waals surface area contributed by atoms with Gasteiger partial charge in [0.1, 0.15) is 5.75 Å². The maximum Gasteiger partial charge on any atom is 0.573 e. The Kier molecular flexibility index (Phi) is 7.58. The lowest BCUT2D eigenvalue weighted by Crippen LogP contribution is -2.37. The SMILES string of the molecule is CCCC1CCC(C(F)(F)Oc2cc3c(cc2OC(F)(F)F)OC(CCC)CC3)CC1. The van der Waals surface area contributed by atoms with Gasteiger partial charge in [0.15, 0.2) is 11.5 Å². The molecule has 176 valence electrons. The van der Waals surface area contributed by atoms with E-state index in [-0.39, 0.29) is 11.9 Å². The molecule has 1 aliphatic carbocycles. The number of benzene rings is 1. The van der Waals surface area contributed by atoms with Crippen molar-refractivity contribution in [3.63, 3.8) is 0 Å². The largest absolute Gasteiger partial charge is 0.573 e. The summed E-state index contributed by atoms with van der Waals surface area (Å²) in [6.07, 6.45) is -1.90. The summed E-state index contributed by atoms with van der Waals surface area (Å²) in [5.41, 5.74) is 0.555. The van der Waals surface area contributed by atoms with Gasteiger partial charge in [-0.2, -0.15) is 8.78 Å². The highest BCUT2D eigenvalue weighted by Gasteiger charge is 2.45. The molecular formula is C23H31F5O3. The fourth-order valence-corrected chi connectivity index (χ4v) is 4.68. The molecule has 31 heavy (non-hydrogen) atoms. The van der Waals surface area contributed by atoms with Crippen LogP contribution in [-0.2, 0) is 6.42 Å². The molecule has 0 aromatic heterocycles. The van der Waals surface area contributed by atoms with Gasteiger partial charge in [0, 0.05) is 6.07 Å². The number of rotatable bonds is 8. The lowest BCUT2D eigenvalue weighted by Gasteiger charge is -2.34. The first-order valence-corrected chi connectivity index (χ1v) is 11.3. The molecule has 1 fully saturated rings. The van der Waals surface area contributed by atoms with Crippen LogP contribution in [0.3, 0.4) is 0 Å². The van der Waals surface area contributed by atoms with E-state index in [1.807, 2.05) is 6.92 Å². The Balaban J connectivity index is 1.80. The molecule has 0 bridgehead atoms. The monoisotopic (exact) mass is 450 g/mol. The number of aryl methyl sites for hydroxylation is 1. The Morgan fingerprint density at radius 2 is 1.52 bits per heavy atom. The van der Waals surface area contributed by atoms with Crippen LogP contribution in [0, 0.1) is 11.8 Å².